The molecule has 0 spiro atoms. The van der Waals surface area contributed by atoms with Crippen LogP contribution in [0.4, 0.5) is 0 Å². The lowest BCUT2D eigenvalue weighted by molar-refractivity contribution is 0.174. The molecule has 30 heavy (non-hydrogen) atoms. The molecule has 152 valence electrons. The Bertz CT molecular complexity index is 1110. The lowest BCUT2D eigenvalue weighted by Crippen LogP contribution is -2.21. The Labute approximate surface area is 178 Å². The highest BCUT2D eigenvalue weighted by Gasteiger charge is 2.11. The van der Waals surface area contributed by atoms with E-state index in [1.807, 2.05) is 42.5 Å². The summed E-state index contributed by atoms with van der Waals surface area (Å²) in [6, 6.07) is 30.6. The van der Waals surface area contributed by atoms with E-state index in [-0.39, 0.29) is 0 Å². The summed E-state index contributed by atoms with van der Waals surface area (Å²) in [7, 11) is 0. The zero-order chi connectivity index (χ0) is 20.8. The van der Waals surface area contributed by atoms with Crippen LogP contribution in [0.5, 0.6) is 5.75 Å². The summed E-state index contributed by atoms with van der Waals surface area (Å²) >= 11 is 0. The van der Waals surface area contributed by atoms with Crippen molar-refractivity contribution in [2.45, 2.75) is 26.2 Å². The van der Waals surface area contributed by atoms with Gasteiger partial charge < -0.3 is 15.2 Å². The van der Waals surface area contributed by atoms with Crippen LogP contribution in [0.25, 0.3) is 10.8 Å². The van der Waals surface area contributed by atoms with Gasteiger partial charge in [-0.1, -0.05) is 90.5 Å². The Morgan fingerprint density at radius 3 is 2.50 bits per heavy atom. The van der Waals surface area contributed by atoms with Crippen LogP contribution in [0.15, 0.2) is 91.0 Å². The second-order valence-corrected chi connectivity index (χ2v) is 7.60. The maximum atomic E-state index is 10.5. The van der Waals surface area contributed by atoms with Crippen molar-refractivity contribution in [1.29, 1.82) is 0 Å². The number of hydrogen-bond acceptors (Lipinski definition) is 3. The van der Waals surface area contributed by atoms with Crippen LogP contribution in [0.3, 0.4) is 0 Å². The van der Waals surface area contributed by atoms with Crippen molar-refractivity contribution in [3.8, 4) is 5.75 Å². The Kier molecular flexibility index (Phi) is 6.43. The molecule has 4 aromatic carbocycles. The zero-order valence-electron chi connectivity index (χ0n) is 17.2. The van der Waals surface area contributed by atoms with Crippen molar-refractivity contribution in [3.63, 3.8) is 0 Å². The van der Waals surface area contributed by atoms with Gasteiger partial charge in [-0.05, 0) is 34.9 Å². The molecule has 0 radical (unpaired) electrons. The molecule has 0 fully saturated rings. The van der Waals surface area contributed by atoms with Crippen LogP contribution in [0, 0.1) is 6.92 Å². The van der Waals surface area contributed by atoms with E-state index in [0.29, 0.717) is 19.7 Å². The maximum Gasteiger partial charge on any atom is 0.124 e. The van der Waals surface area contributed by atoms with Crippen molar-refractivity contribution in [2.24, 2.45) is 0 Å². The van der Waals surface area contributed by atoms with E-state index >= 15 is 0 Å². The summed E-state index contributed by atoms with van der Waals surface area (Å²) in [4.78, 5) is 0. The summed E-state index contributed by atoms with van der Waals surface area (Å²) in [5.41, 5.74) is 4.41. The first-order valence-electron chi connectivity index (χ1n) is 10.3. The van der Waals surface area contributed by atoms with Gasteiger partial charge in [0.2, 0.25) is 0 Å². The second kappa shape index (κ2) is 9.57. The van der Waals surface area contributed by atoms with Gasteiger partial charge in [0.1, 0.15) is 12.4 Å². The van der Waals surface area contributed by atoms with Gasteiger partial charge in [-0.25, -0.2) is 0 Å². The number of ether oxygens (including phenoxy) is 1. The average molecular weight is 398 g/mol. The fraction of sp³-hybridized carbons (Fsp3) is 0.185. The fourth-order valence-electron chi connectivity index (χ4n) is 3.72. The molecule has 0 aliphatic carbocycles. The van der Waals surface area contributed by atoms with Gasteiger partial charge in [-0.2, -0.15) is 0 Å². The highest BCUT2D eigenvalue weighted by Crippen LogP contribution is 2.29. The van der Waals surface area contributed by atoms with Gasteiger partial charge in [0.25, 0.3) is 0 Å². The number of benzene rings is 4. The molecule has 4 rings (SSSR count). The number of hydrogen-bond donors (Lipinski definition) is 2. The van der Waals surface area contributed by atoms with Crippen LogP contribution in [-0.4, -0.2) is 11.7 Å². The molecular formula is C27H27NO2. The van der Waals surface area contributed by atoms with Gasteiger partial charge in [0.15, 0.2) is 0 Å². The van der Waals surface area contributed by atoms with E-state index in [1.165, 1.54) is 16.3 Å². The van der Waals surface area contributed by atoms with Crippen molar-refractivity contribution in [1.82, 2.24) is 5.32 Å². The molecule has 2 N–H and O–H groups in total. The fourth-order valence-corrected chi connectivity index (χ4v) is 3.72. The summed E-state index contributed by atoms with van der Waals surface area (Å²) < 4.78 is 6.23. The molecule has 1 atom stereocenters. The summed E-state index contributed by atoms with van der Waals surface area (Å²) in [5.74, 6) is 0.872. The number of nitrogens with one attached hydrogen (secondary N) is 1. The normalized spacial score (nSPS) is 12.1. The first kappa shape index (κ1) is 20.1. The lowest BCUT2D eigenvalue weighted by atomic mass is 10.0. The topological polar surface area (TPSA) is 41.5 Å². The minimum absolute atomic E-state index is 0.477. The molecule has 0 saturated carbocycles. The standard InChI is InChI=1S/C27H27NO2/c1-20-8-7-9-21(16-20)19-30-27-15-14-22-10-5-6-13-24(22)25(27)17-28-18-26(29)23-11-3-2-4-12-23/h2-16,26,28-29H,17-19H2,1H3/t26-/m0/s1. The number of rotatable bonds is 8. The van der Waals surface area contributed by atoms with E-state index < -0.39 is 6.10 Å². The van der Waals surface area contributed by atoms with E-state index in [4.69, 9.17) is 4.74 Å². The SMILES string of the molecule is Cc1cccc(COc2ccc3ccccc3c2CNC[C@H](O)c2ccccc2)c1. The molecule has 3 nitrogen and oxygen atoms in total. The lowest BCUT2D eigenvalue weighted by Gasteiger charge is -2.17. The zero-order valence-corrected chi connectivity index (χ0v) is 17.2. The van der Waals surface area contributed by atoms with Gasteiger partial charge >= 0.3 is 0 Å². The summed E-state index contributed by atoms with van der Waals surface area (Å²) in [6.45, 7) is 3.71. The van der Waals surface area contributed by atoms with Gasteiger partial charge in [0, 0.05) is 18.7 Å². The van der Waals surface area contributed by atoms with Gasteiger partial charge in [-0.3, -0.25) is 0 Å². The van der Waals surface area contributed by atoms with E-state index in [9.17, 15) is 5.11 Å². The van der Waals surface area contributed by atoms with Crippen LogP contribution in [0.1, 0.15) is 28.4 Å². The monoisotopic (exact) mass is 397 g/mol. The van der Waals surface area contributed by atoms with E-state index in [2.05, 4.69) is 60.8 Å². The van der Waals surface area contributed by atoms with Crippen LogP contribution >= 0.6 is 0 Å². The van der Waals surface area contributed by atoms with Crippen molar-refractivity contribution >= 4 is 10.8 Å². The first-order chi connectivity index (χ1) is 14.7. The number of aryl methyl sites for hydroxylation is 1. The highest BCUT2D eigenvalue weighted by molar-refractivity contribution is 5.87. The highest BCUT2D eigenvalue weighted by atomic mass is 16.5. The van der Waals surface area contributed by atoms with E-state index in [0.717, 1.165) is 22.4 Å². The van der Waals surface area contributed by atoms with E-state index in [1.54, 1.807) is 0 Å². The third-order valence-electron chi connectivity index (χ3n) is 5.30. The molecule has 0 saturated heterocycles. The minimum atomic E-state index is -0.544. The van der Waals surface area contributed by atoms with Gasteiger partial charge in [0.05, 0.1) is 6.10 Å². The van der Waals surface area contributed by atoms with Crippen LogP contribution in [-0.2, 0) is 13.2 Å². The molecule has 0 unspecified atom stereocenters. The van der Waals surface area contributed by atoms with Gasteiger partial charge in [-0.15, -0.1) is 0 Å². The first-order valence-corrected chi connectivity index (χ1v) is 10.3. The Morgan fingerprint density at radius 1 is 0.867 bits per heavy atom. The predicted octanol–water partition coefficient (Wildman–Crippen LogP) is 5.55. The molecule has 0 amide bonds. The largest absolute Gasteiger partial charge is 0.489 e. The predicted molar refractivity (Wildman–Crippen MR) is 123 cm³/mol. The van der Waals surface area contributed by atoms with Crippen molar-refractivity contribution in [2.75, 3.05) is 6.54 Å². The molecular weight excluding hydrogens is 370 g/mol. The quantitative estimate of drug-likeness (QED) is 0.410. The molecule has 0 heterocycles. The average Bonchev–Trinajstić information content (AvgIpc) is 2.79. The molecule has 0 aliphatic heterocycles. The smallest absolute Gasteiger partial charge is 0.124 e. The third-order valence-corrected chi connectivity index (χ3v) is 5.30. The van der Waals surface area contributed by atoms with Crippen molar-refractivity contribution < 1.29 is 9.84 Å². The molecule has 0 bridgehead atoms. The summed E-state index contributed by atoms with van der Waals surface area (Å²) in [6.07, 6.45) is -0.544. The Balaban J connectivity index is 1.51. The number of aliphatic hydroxyl groups is 1. The molecule has 4 aromatic rings. The molecule has 3 heteroatoms. The summed E-state index contributed by atoms with van der Waals surface area (Å²) in [5, 5.41) is 16.2. The number of fused-ring (bicyclic) bond motifs is 1. The molecule has 0 aliphatic rings. The van der Waals surface area contributed by atoms with Crippen molar-refractivity contribution in [3.05, 3.63) is 113 Å². The Morgan fingerprint density at radius 2 is 1.67 bits per heavy atom. The second-order valence-electron chi connectivity index (χ2n) is 7.60. The van der Waals surface area contributed by atoms with Crippen LogP contribution in [0.2, 0.25) is 0 Å². The van der Waals surface area contributed by atoms with Crippen LogP contribution < -0.4 is 10.1 Å². The molecule has 0 aromatic heterocycles. The maximum absolute atomic E-state index is 10.5. The minimum Gasteiger partial charge on any atom is -0.489 e. The number of aliphatic hydroxyl groups excluding tert-OH is 1. The third kappa shape index (κ3) is 4.88. The Hall–Kier alpha value is -3.14.